The normalized spacial score (nSPS) is 15.5. The van der Waals surface area contributed by atoms with E-state index in [0.29, 0.717) is 37.6 Å². The monoisotopic (exact) mass is 285 g/mol. The molecule has 5 nitrogen and oxygen atoms in total. The lowest BCUT2D eigenvalue weighted by Gasteiger charge is -2.17. The number of benzene rings is 1. The van der Waals surface area contributed by atoms with E-state index in [0.717, 1.165) is 5.69 Å². The summed E-state index contributed by atoms with van der Waals surface area (Å²) < 4.78 is 5.30. The van der Waals surface area contributed by atoms with Crippen LogP contribution in [0.25, 0.3) is 0 Å². The molecular weight excluding hydrogens is 266 g/mol. The zero-order chi connectivity index (χ0) is 14.7. The molecule has 0 saturated heterocycles. The standard InChI is InChI=1S/C16H19N3O2/c1-11(12-5-3-2-4-6-12)17-9-15-18-14-7-8-21-10-13(14)16(20)19-15/h2-6,11,17H,7-10H2,1H3,(H,18,19,20)/t11-/m1/s1. The van der Waals surface area contributed by atoms with E-state index in [4.69, 9.17) is 4.74 Å². The molecular formula is C16H19N3O2. The molecule has 2 N–H and O–H groups in total. The predicted molar refractivity (Wildman–Crippen MR) is 79.9 cm³/mol. The molecule has 3 rings (SSSR count). The zero-order valence-electron chi connectivity index (χ0n) is 12.1. The van der Waals surface area contributed by atoms with E-state index in [9.17, 15) is 4.79 Å². The van der Waals surface area contributed by atoms with Crippen molar-refractivity contribution in [2.24, 2.45) is 0 Å². The molecule has 2 aromatic rings. The summed E-state index contributed by atoms with van der Waals surface area (Å²) in [5, 5.41) is 3.39. The third kappa shape index (κ3) is 3.20. The van der Waals surface area contributed by atoms with E-state index in [1.165, 1.54) is 5.56 Å². The van der Waals surface area contributed by atoms with Crippen molar-refractivity contribution in [3.63, 3.8) is 0 Å². The van der Waals surface area contributed by atoms with E-state index < -0.39 is 0 Å². The Morgan fingerprint density at radius 1 is 1.38 bits per heavy atom. The lowest BCUT2D eigenvalue weighted by molar-refractivity contribution is 0.107. The van der Waals surface area contributed by atoms with Gasteiger partial charge in [-0.2, -0.15) is 0 Å². The van der Waals surface area contributed by atoms with Gasteiger partial charge in [0.1, 0.15) is 5.82 Å². The Labute approximate surface area is 123 Å². The van der Waals surface area contributed by atoms with Crippen molar-refractivity contribution in [2.45, 2.75) is 32.5 Å². The maximum atomic E-state index is 12.0. The smallest absolute Gasteiger partial charge is 0.256 e. The highest BCUT2D eigenvalue weighted by atomic mass is 16.5. The minimum atomic E-state index is -0.0798. The number of aromatic nitrogens is 2. The third-order valence-electron chi connectivity index (χ3n) is 3.76. The average Bonchev–Trinajstić information content (AvgIpc) is 2.53. The van der Waals surface area contributed by atoms with Crippen LogP contribution in [-0.4, -0.2) is 16.6 Å². The van der Waals surface area contributed by atoms with Crippen LogP contribution >= 0.6 is 0 Å². The molecule has 1 aromatic carbocycles. The second kappa shape index (κ2) is 6.20. The summed E-state index contributed by atoms with van der Waals surface area (Å²) in [6.07, 6.45) is 0.709. The van der Waals surface area contributed by atoms with E-state index in [-0.39, 0.29) is 11.6 Å². The van der Waals surface area contributed by atoms with E-state index in [2.05, 4.69) is 34.3 Å². The molecule has 1 aliphatic heterocycles. The summed E-state index contributed by atoms with van der Waals surface area (Å²) in [6, 6.07) is 10.4. The van der Waals surface area contributed by atoms with Crippen LogP contribution in [0.1, 0.15) is 35.6 Å². The van der Waals surface area contributed by atoms with Crippen molar-refractivity contribution in [3.05, 3.63) is 63.3 Å². The number of hydrogen-bond donors (Lipinski definition) is 2. The van der Waals surface area contributed by atoms with Crippen LogP contribution < -0.4 is 10.9 Å². The number of rotatable bonds is 4. The summed E-state index contributed by atoms with van der Waals surface area (Å²) in [5.74, 6) is 0.684. The Kier molecular flexibility index (Phi) is 4.13. The van der Waals surface area contributed by atoms with Gasteiger partial charge in [-0.3, -0.25) is 4.79 Å². The first-order valence-electron chi connectivity index (χ1n) is 7.21. The number of aromatic amines is 1. The van der Waals surface area contributed by atoms with Gasteiger partial charge < -0.3 is 15.0 Å². The Morgan fingerprint density at radius 2 is 2.19 bits per heavy atom. The predicted octanol–water partition coefficient (Wildman–Crippen LogP) is 1.69. The topological polar surface area (TPSA) is 67.0 Å². The third-order valence-corrected chi connectivity index (χ3v) is 3.76. The zero-order valence-corrected chi connectivity index (χ0v) is 12.1. The molecule has 110 valence electrons. The largest absolute Gasteiger partial charge is 0.376 e. The molecule has 0 radical (unpaired) electrons. The van der Waals surface area contributed by atoms with Crippen molar-refractivity contribution in [1.29, 1.82) is 0 Å². The molecule has 0 aliphatic carbocycles. The number of ether oxygens (including phenoxy) is 1. The van der Waals surface area contributed by atoms with Crippen molar-refractivity contribution in [1.82, 2.24) is 15.3 Å². The second-order valence-electron chi connectivity index (χ2n) is 5.25. The van der Waals surface area contributed by atoms with Crippen molar-refractivity contribution >= 4 is 0 Å². The Bertz CT molecular complexity index is 667. The molecule has 1 aliphatic rings. The van der Waals surface area contributed by atoms with Crippen molar-refractivity contribution < 1.29 is 4.74 Å². The Hall–Kier alpha value is -1.98. The fourth-order valence-electron chi connectivity index (χ4n) is 2.49. The van der Waals surface area contributed by atoms with Gasteiger partial charge in [-0.1, -0.05) is 30.3 Å². The van der Waals surface area contributed by atoms with Gasteiger partial charge in [0.2, 0.25) is 0 Å². The van der Waals surface area contributed by atoms with E-state index >= 15 is 0 Å². The summed E-state index contributed by atoms with van der Waals surface area (Å²) in [7, 11) is 0. The maximum absolute atomic E-state index is 12.0. The highest BCUT2D eigenvalue weighted by molar-refractivity contribution is 5.20. The van der Waals surface area contributed by atoms with Gasteiger partial charge in [-0.15, -0.1) is 0 Å². The molecule has 5 heteroatoms. The van der Waals surface area contributed by atoms with Crippen LogP contribution in [0, 0.1) is 0 Å². The number of H-pyrrole nitrogens is 1. The highest BCUT2D eigenvalue weighted by Crippen LogP contribution is 2.13. The van der Waals surface area contributed by atoms with Crippen LogP contribution in [0.15, 0.2) is 35.1 Å². The number of nitrogens with zero attached hydrogens (tertiary/aromatic N) is 1. The van der Waals surface area contributed by atoms with Gasteiger partial charge in [0.15, 0.2) is 0 Å². The van der Waals surface area contributed by atoms with Crippen molar-refractivity contribution in [3.8, 4) is 0 Å². The van der Waals surface area contributed by atoms with Gasteiger partial charge in [0.05, 0.1) is 31.0 Å². The Morgan fingerprint density at radius 3 is 3.00 bits per heavy atom. The second-order valence-corrected chi connectivity index (χ2v) is 5.25. The molecule has 21 heavy (non-hydrogen) atoms. The van der Waals surface area contributed by atoms with Gasteiger partial charge in [-0.25, -0.2) is 4.98 Å². The molecule has 1 aromatic heterocycles. The lowest BCUT2D eigenvalue weighted by Crippen LogP contribution is -2.28. The SMILES string of the molecule is C[C@@H](NCc1nc2c(c(=O)[nH]1)COCC2)c1ccccc1. The first kappa shape index (κ1) is 14.0. The van der Waals surface area contributed by atoms with Crippen LogP contribution in [-0.2, 0) is 24.3 Å². The summed E-state index contributed by atoms with van der Waals surface area (Å²) in [4.78, 5) is 19.4. The number of nitrogens with one attached hydrogen (secondary N) is 2. The van der Waals surface area contributed by atoms with Gasteiger partial charge >= 0.3 is 0 Å². The molecule has 0 fully saturated rings. The fraction of sp³-hybridized carbons (Fsp3) is 0.375. The highest BCUT2D eigenvalue weighted by Gasteiger charge is 2.16. The van der Waals surface area contributed by atoms with Crippen LogP contribution in [0.5, 0.6) is 0 Å². The minimum Gasteiger partial charge on any atom is -0.376 e. The fourth-order valence-corrected chi connectivity index (χ4v) is 2.49. The maximum Gasteiger partial charge on any atom is 0.256 e. The van der Waals surface area contributed by atoms with Gasteiger partial charge in [-0.05, 0) is 12.5 Å². The van der Waals surface area contributed by atoms with Gasteiger partial charge in [0.25, 0.3) is 5.56 Å². The first-order chi connectivity index (χ1) is 10.2. The molecule has 0 unspecified atom stereocenters. The van der Waals surface area contributed by atoms with E-state index in [1.54, 1.807) is 0 Å². The van der Waals surface area contributed by atoms with Gasteiger partial charge in [0, 0.05) is 12.5 Å². The van der Waals surface area contributed by atoms with E-state index in [1.807, 2.05) is 18.2 Å². The average molecular weight is 285 g/mol. The quantitative estimate of drug-likeness (QED) is 0.897. The first-order valence-corrected chi connectivity index (χ1v) is 7.21. The molecule has 0 spiro atoms. The number of fused-ring (bicyclic) bond motifs is 1. The van der Waals surface area contributed by atoms with Crippen LogP contribution in [0.4, 0.5) is 0 Å². The van der Waals surface area contributed by atoms with Crippen LogP contribution in [0.3, 0.4) is 0 Å². The molecule has 0 saturated carbocycles. The Balaban J connectivity index is 1.71. The molecule has 1 atom stereocenters. The summed E-state index contributed by atoms with van der Waals surface area (Å²) >= 11 is 0. The van der Waals surface area contributed by atoms with Crippen molar-refractivity contribution in [2.75, 3.05) is 6.61 Å². The molecule has 0 bridgehead atoms. The molecule has 0 amide bonds. The lowest BCUT2D eigenvalue weighted by atomic mass is 10.1. The summed E-state index contributed by atoms with van der Waals surface area (Å²) in [5.41, 5.74) is 2.67. The summed E-state index contributed by atoms with van der Waals surface area (Å²) in [6.45, 7) is 3.64. The minimum absolute atomic E-state index is 0.0798. The number of hydrogen-bond acceptors (Lipinski definition) is 4. The van der Waals surface area contributed by atoms with Crippen LogP contribution in [0.2, 0.25) is 0 Å². The molecule has 2 heterocycles.